The molecule has 0 unspecified atom stereocenters. The fourth-order valence-corrected chi connectivity index (χ4v) is 6.75. The number of fused-ring (bicyclic) bond motifs is 3. The zero-order chi connectivity index (χ0) is 30.8. The van der Waals surface area contributed by atoms with Gasteiger partial charge in [-0.3, -0.25) is 14.2 Å². The number of carbonyl (C=O) groups excluding carboxylic acids is 1. The van der Waals surface area contributed by atoms with Gasteiger partial charge < -0.3 is 15.2 Å². The van der Waals surface area contributed by atoms with E-state index in [4.69, 9.17) is 4.98 Å². The lowest BCUT2D eigenvalue weighted by Gasteiger charge is -2.17. The number of carbonyl (C=O) groups is 1. The number of aryl methyl sites for hydroxylation is 3. The summed E-state index contributed by atoms with van der Waals surface area (Å²) in [7, 11) is 1.90. The molecule has 8 rings (SSSR count). The summed E-state index contributed by atoms with van der Waals surface area (Å²) in [6.45, 7) is 4.47. The molecule has 0 bridgehead atoms. The number of H-pyrrole nitrogens is 1. The second kappa shape index (κ2) is 10.5. The smallest absolute Gasteiger partial charge is 0.259 e. The predicted molar refractivity (Wildman–Crippen MR) is 185 cm³/mol. The van der Waals surface area contributed by atoms with Gasteiger partial charge in [-0.15, -0.1) is 0 Å². The Labute approximate surface area is 272 Å². The Morgan fingerprint density at radius 1 is 1.00 bits per heavy atom. The zero-order valence-electron chi connectivity index (χ0n) is 24.8. The number of nitrogens with zero attached hydrogens (tertiary/aromatic N) is 7. The molecule has 1 aliphatic heterocycles. The molecule has 45 heavy (non-hydrogen) atoms. The number of alkyl halides is 1. The number of amides is 1. The van der Waals surface area contributed by atoms with Gasteiger partial charge in [0.05, 0.1) is 39.7 Å². The summed E-state index contributed by atoms with van der Waals surface area (Å²) in [5.41, 5.74) is 10.4. The Morgan fingerprint density at radius 3 is 2.67 bits per heavy atom. The summed E-state index contributed by atoms with van der Waals surface area (Å²) in [6, 6.07) is 20.4. The molecule has 7 aromatic rings. The maximum Gasteiger partial charge on any atom is 0.259 e. The molecule has 0 aliphatic carbocycles. The van der Waals surface area contributed by atoms with Crippen LogP contribution in [0.2, 0.25) is 0 Å². The van der Waals surface area contributed by atoms with Crippen molar-refractivity contribution in [1.29, 1.82) is 0 Å². The summed E-state index contributed by atoms with van der Waals surface area (Å²) < 4.78 is 4.56. The van der Waals surface area contributed by atoms with Crippen LogP contribution in [0.1, 0.15) is 27.2 Å². The number of hydrogen-bond acceptors (Lipinski definition) is 6. The lowest BCUT2D eigenvalue weighted by molar-refractivity contribution is 0.0997. The molecule has 0 saturated carbocycles. The summed E-state index contributed by atoms with van der Waals surface area (Å²) in [5, 5.41) is 14.3. The van der Waals surface area contributed by atoms with Crippen LogP contribution in [0.3, 0.4) is 0 Å². The van der Waals surface area contributed by atoms with E-state index >= 15 is 0 Å². The van der Waals surface area contributed by atoms with Crippen molar-refractivity contribution in [3.63, 3.8) is 0 Å². The highest BCUT2D eigenvalue weighted by molar-refractivity contribution is 14.1. The van der Waals surface area contributed by atoms with Gasteiger partial charge in [0.25, 0.3) is 5.91 Å². The van der Waals surface area contributed by atoms with Gasteiger partial charge in [0, 0.05) is 53.1 Å². The first kappa shape index (κ1) is 27.5. The van der Waals surface area contributed by atoms with Crippen molar-refractivity contribution in [2.45, 2.75) is 24.9 Å². The first-order valence-electron chi connectivity index (χ1n) is 14.6. The van der Waals surface area contributed by atoms with Crippen molar-refractivity contribution < 1.29 is 4.79 Å². The topological polar surface area (TPSA) is 110 Å². The van der Waals surface area contributed by atoms with Crippen LogP contribution in [0.15, 0.2) is 79.3 Å². The van der Waals surface area contributed by atoms with Crippen LogP contribution < -0.4 is 10.2 Å². The highest BCUT2D eigenvalue weighted by atomic mass is 127. The van der Waals surface area contributed by atoms with Crippen molar-refractivity contribution in [1.82, 2.24) is 34.5 Å². The Bertz CT molecular complexity index is 2280. The molecule has 0 fully saturated rings. The van der Waals surface area contributed by atoms with Crippen LogP contribution in [-0.4, -0.2) is 40.4 Å². The van der Waals surface area contributed by atoms with Crippen LogP contribution in [0.5, 0.6) is 0 Å². The van der Waals surface area contributed by atoms with Crippen LogP contribution in [0.25, 0.3) is 44.2 Å². The third-order valence-corrected chi connectivity index (χ3v) is 9.25. The first-order chi connectivity index (χ1) is 21.9. The van der Waals surface area contributed by atoms with Crippen molar-refractivity contribution in [3.05, 3.63) is 102 Å². The highest BCUT2D eigenvalue weighted by Gasteiger charge is 2.32. The van der Waals surface area contributed by atoms with Gasteiger partial charge in [-0.25, -0.2) is 9.97 Å². The van der Waals surface area contributed by atoms with Gasteiger partial charge in [-0.1, -0.05) is 59.0 Å². The van der Waals surface area contributed by atoms with E-state index in [1.807, 2.05) is 79.4 Å². The first-order valence-corrected chi connectivity index (χ1v) is 16.1. The number of aromatic nitrogens is 7. The second-order valence-corrected chi connectivity index (χ2v) is 12.0. The third-order valence-electron chi connectivity index (χ3n) is 8.60. The van der Waals surface area contributed by atoms with E-state index in [2.05, 4.69) is 78.4 Å². The summed E-state index contributed by atoms with van der Waals surface area (Å²) in [5.74, 6) is 1.15. The Kier molecular flexibility index (Phi) is 6.45. The van der Waals surface area contributed by atoms with Crippen molar-refractivity contribution >= 4 is 67.8 Å². The van der Waals surface area contributed by atoms with Gasteiger partial charge in [0.1, 0.15) is 0 Å². The van der Waals surface area contributed by atoms with Gasteiger partial charge in [0.2, 0.25) is 5.95 Å². The lowest BCUT2D eigenvalue weighted by atomic mass is 9.96. The molecular weight excluding hydrogens is 677 g/mol. The number of anilines is 3. The average Bonchev–Trinajstić information content (AvgIpc) is 3.82. The van der Waals surface area contributed by atoms with Crippen LogP contribution in [0, 0.1) is 13.8 Å². The second-order valence-electron chi connectivity index (χ2n) is 11.3. The number of rotatable bonds is 6. The molecule has 0 radical (unpaired) electrons. The maximum absolute atomic E-state index is 13.9. The standard InChI is InChI=1S/C34H28IN9O/c1-19-14-37-34(39-30-12-20(2)42(3)41-30)40-31(19)26-16-36-32-24(26)7-5-9-28(32)43-17-27-23(6-4-8-25(27)33(43)45)21-10-11-22-15-38-44(18-35)29(22)13-21/h4-16,36H,17-18H2,1-3H3,(H,37,39,40,41). The Morgan fingerprint density at radius 2 is 1.84 bits per heavy atom. The van der Waals surface area contributed by atoms with Crippen LogP contribution in [-0.2, 0) is 18.1 Å². The van der Waals surface area contributed by atoms with Crippen molar-refractivity contribution in [3.8, 4) is 22.4 Å². The summed E-state index contributed by atoms with van der Waals surface area (Å²) in [4.78, 5) is 28.6. The largest absolute Gasteiger partial charge is 0.359 e. The fraction of sp³-hybridized carbons (Fsp3) is 0.147. The number of nitrogens with one attached hydrogen (secondary N) is 2. The third kappa shape index (κ3) is 4.48. The molecular formula is C34H28IN9O. The van der Waals surface area contributed by atoms with Gasteiger partial charge >= 0.3 is 0 Å². The molecule has 10 nitrogen and oxygen atoms in total. The number of aromatic amines is 1. The molecule has 11 heteroatoms. The molecule has 3 aromatic carbocycles. The molecule has 0 spiro atoms. The maximum atomic E-state index is 13.9. The molecule has 222 valence electrons. The molecule has 0 atom stereocenters. The van der Waals surface area contributed by atoms with Gasteiger partial charge in [-0.2, -0.15) is 10.2 Å². The van der Waals surface area contributed by atoms with E-state index in [1.165, 1.54) is 0 Å². The number of halogens is 1. The van der Waals surface area contributed by atoms with E-state index in [1.54, 1.807) is 4.68 Å². The minimum atomic E-state index is -0.00996. The molecule has 1 amide bonds. The zero-order valence-corrected chi connectivity index (χ0v) is 27.0. The molecule has 1 aliphatic rings. The van der Waals surface area contributed by atoms with Crippen LogP contribution in [0.4, 0.5) is 17.5 Å². The van der Waals surface area contributed by atoms with E-state index in [-0.39, 0.29) is 5.91 Å². The van der Waals surface area contributed by atoms with E-state index < -0.39 is 0 Å². The molecule has 2 N–H and O–H groups in total. The Hall–Kier alpha value is -5.04. The van der Waals surface area contributed by atoms with Crippen molar-refractivity contribution in [2.24, 2.45) is 7.05 Å². The van der Waals surface area contributed by atoms with E-state index in [9.17, 15) is 4.79 Å². The predicted octanol–water partition coefficient (Wildman–Crippen LogP) is 7.29. The fourth-order valence-electron chi connectivity index (χ4n) is 6.20. The minimum absolute atomic E-state index is 0.00996. The van der Waals surface area contributed by atoms with Crippen LogP contribution >= 0.6 is 22.6 Å². The highest BCUT2D eigenvalue weighted by Crippen LogP contribution is 2.40. The number of hydrogen-bond donors (Lipinski definition) is 2. The lowest BCUT2D eigenvalue weighted by Crippen LogP contribution is -2.23. The molecule has 5 heterocycles. The summed E-state index contributed by atoms with van der Waals surface area (Å²) in [6.07, 6.45) is 5.67. The monoisotopic (exact) mass is 705 g/mol. The quantitative estimate of drug-likeness (QED) is 0.139. The van der Waals surface area contributed by atoms with Gasteiger partial charge in [-0.05, 0) is 54.3 Å². The van der Waals surface area contributed by atoms with E-state index in [0.717, 1.165) is 76.8 Å². The molecule has 4 aromatic heterocycles. The summed E-state index contributed by atoms with van der Waals surface area (Å²) >= 11 is 2.32. The normalized spacial score (nSPS) is 12.9. The van der Waals surface area contributed by atoms with E-state index in [0.29, 0.717) is 18.3 Å². The Balaban J connectivity index is 1.16. The van der Waals surface area contributed by atoms with Gasteiger partial charge in [0.15, 0.2) is 5.82 Å². The molecule has 0 saturated heterocycles. The van der Waals surface area contributed by atoms with Crippen molar-refractivity contribution in [2.75, 3.05) is 10.2 Å². The average molecular weight is 706 g/mol. The minimum Gasteiger partial charge on any atom is -0.359 e. The SMILES string of the molecule is Cc1cnc(Nc2cc(C)n(C)n2)nc1-c1c[nH]c2c(N3Cc4c(cccc4-c4ccc5cnn(CI)c5c4)C3=O)cccc12. The number of para-hydroxylation sites is 1. The number of benzene rings is 3.